The average Bonchev–Trinajstić information content (AvgIpc) is 2.74. The second kappa shape index (κ2) is 8.20. The van der Waals surface area contributed by atoms with Crippen LogP contribution in [0.3, 0.4) is 0 Å². The van der Waals surface area contributed by atoms with Gasteiger partial charge in [0.1, 0.15) is 0 Å². The largest absolute Gasteiger partial charge is 0.342 e. The van der Waals surface area contributed by atoms with E-state index in [2.05, 4.69) is 41.1 Å². The normalized spacial score (nSPS) is 21.2. The molecule has 1 amide bonds. The fourth-order valence-electron chi connectivity index (χ4n) is 4.47. The van der Waals surface area contributed by atoms with E-state index in [1.807, 2.05) is 12.3 Å². The Labute approximate surface area is 162 Å². The summed E-state index contributed by atoms with van der Waals surface area (Å²) >= 11 is 0. The number of hydrogen-bond donors (Lipinski definition) is 0. The maximum Gasteiger partial charge on any atom is 0.225 e. The number of likely N-dealkylation sites (tertiary alicyclic amines) is 1. The predicted molar refractivity (Wildman–Crippen MR) is 107 cm³/mol. The van der Waals surface area contributed by atoms with Gasteiger partial charge in [0.05, 0.1) is 0 Å². The highest BCUT2D eigenvalue weighted by Crippen LogP contribution is 2.31. The van der Waals surface area contributed by atoms with Gasteiger partial charge in [-0.15, -0.1) is 0 Å². The van der Waals surface area contributed by atoms with Crippen molar-refractivity contribution in [2.75, 3.05) is 13.1 Å². The Hall–Kier alpha value is -2.23. The molecule has 1 atom stereocenters. The van der Waals surface area contributed by atoms with Crippen molar-refractivity contribution >= 4 is 5.91 Å². The molecule has 2 fully saturated rings. The zero-order valence-corrected chi connectivity index (χ0v) is 16.2. The number of hydrogen-bond acceptors (Lipinski definition) is 3. The Bertz CT molecular complexity index is 780. The van der Waals surface area contributed by atoms with Gasteiger partial charge in [0.25, 0.3) is 0 Å². The first kappa shape index (κ1) is 18.1. The SMILES string of the molecule is Cc1ccc(-c2nccc([C@@H]3CCCN(C(=O)C4CCCCC4)C3)n2)cc1. The molecule has 4 nitrogen and oxygen atoms in total. The highest BCUT2D eigenvalue weighted by atomic mass is 16.2. The van der Waals surface area contributed by atoms with E-state index in [1.165, 1.54) is 24.8 Å². The first-order chi connectivity index (χ1) is 13.2. The fraction of sp³-hybridized carbons (Fsp3) is 0.522. The fourth-order valence-corrected chi connectivity index (χ4v) is 4.47. The molecule has 2 heterocycles. The predicted octanol–water partition coefficient (Wildman–Crippen LogP) is 4.74. The Balaban J connectivity index is 1.48. The van der Waals surface area contributed by atoms with Crippen molar-refractivity contribution in [2.45, 2.75) is 57.8 Å². The lowest BCUT2D eigenvalue weighted by atomic mass is 9.87. The molecule has 1 saturated carbocycles. The van der Waals surface area contributed by atoms with Crippen LogP contribution in [0.5, 0.6) is 0 Å². The van der Waals surface area contributed by atoms with Crippen LogP contribution >= 0.6 is 0 Å². The van der Waals surface area contributed by atoms with Gasteiger partial charge < -0.3 is 4.90 Å². The number of amides is 1. The maximum atomic E-state index is 12.9. The van der Waals surface area contributed by atoms with Crippen molar-refractivity contribution in [2.24, 2.45) is 5.92 Å². The summed E-state index contributed by atoms with van der Waals surface area (Å²) in [6, 6.07) is 10.4. The van der Waals surface area contributed by atoms with E-state index in [1.54, 1.807) is 0 Å². The van der Waals surface area contributed by atoms with Gasteiger partial charge in [-0.05, 0) is 38.7 Å². The van der Waals surface area contributed by atoms with Gasteiger partial charge in [-0.25, -0.2) is 9.97 Å². The highest BCUT2D eigenvalue weighted by molar-refractivity contribution is 5.79. The minimum Gasteiger partial charge on any atom is -0.342 e. The van der Waals surface area contributed by atoms with Crippen LogP contribution in [0.4, 0.5) is 0 Å². The van der Waals surface area contributed by atoms with Crippen LogP contribution in [-0.2, 0) is 4.79 Å². The van der Waals surface area contributed by atoms with Crippen molar-refractivity contribution in [3.8, 4) is 11.4 Å². The van der Waals surface area contributed by atoms with Crippen LogP contribution in [0.15, 0.2) is 36.5 Å². The molecule has 4 rings (SSSR count). The lowest BCUT2D eigenvalue weighted by Gasteiger charge is -2.35. The standard InChI is InChI=1S/C23H29N3O/c1-17-9-11-18(12-10-17)22-24-14-13-21(25-22)20-8-5-15-26(16-20)23(27)19-6-3-2-4-7-19/h9-14,19-20H,2-8,15-16H2,1H3/t20-/m1/s1. The van der Waals surface area contributed by atoms with E-state index in [9.17, 15) is 4.79 Å². The maximum absolute atomic E-state index is 12.9. The van der Waals surface area contributed by atoms with Crippen LogP contribution < -0.4 is 0 Å². The second-order valence-corrected chi connectivity index (χ2v) is 8.13. The zero-order valence-electron chi connectivity index (χ0n) is 16.2. The molecule has 142 valence electrons. The van der Waals surface area contributed by atoms with Crippen molar-refractivity contribution in [3.63, 3.8) is 0 Å². The minimum absolute atomic E-state index is 0.256. The summed E-state index contributed by atoms with van der Waals surface area (Å²) in [4.78, 5) is 24.4. The Morgan fingerprint density at radius 2 is 1.78 bits per heavy atom. The van der Waals surface area contributed by atoms with Crippen molar-refractivity contribution < 1.29 is 4.79 Å². The van der Waals surface area contributed by atoms with E-state index in [0.717, 1.165) is 55.9 Å². The number of piperidine rings is 1. The molecule has 27 heavy (non-hydrogen) atoms. The topological polar surface area (TPSA) is 46.1 Å². The molecule has 0 unspecified atom stereocenters. The molecule has 1 aromatic heterocycles. The van der Waals surface area contributed by atoms with E-state index in [4.69, 9.17) is 4.98 Å². The molecule has 0 radical (unpaired) electrons. The summed E-state index contributed by atoms with van der Waals surface area (Å²) in [5.41, 5.74) is 3.36. The number of carbonyl (C=O) groups is 1. The molecule has 1 aliphatic carbocycles. The number of benzene rings is 1. The molecule has 2 aromatic rings. The van der Waals surface area contributed by atoms with Crippen LogP contribution in [-0.4, -0.2) is 33.9 Å². The van der Waals surface area contributed by atoms with Crippen molar-refractivity contribution in [3.05, 3.63) is 47.8 Å². The molecule has 1 aromatic carbocycles. The third kappa shape index (κ3) is 4.20. The molecule has 0 spiro atoms. The summed E-state index contributed by atoms with van der Waals surface area (Å²) < 4.78 is 0. The summed E-state index contributed by atoms with van der Waals surface area (Å²) in [7, 11) is 0. The summed E-state index contributed by atoms with van der Waals surface area (Å²) in [6.45, 7) is 3.79. The monoisotopic (exact) mass is 363 g/mol. The number of aromatic nitrogens is 2. The van der Waals surface area contributed by atoms with E-state index in [-0.39, 0.29) is 5.92 Å². The Morgan fingerprint density at radius 1 is 1.00 bits per heavy atom. The number of carbonyl (C=O) groups excluding carboxylic acids is 1. The molecular weight excluding hydrogens is 334 g/mol. The number of nitrogens with zero attached hydrogens (tertiary/aromatic N) is 3. The lowest BCUT2D eigenvalue weighted by Crippen LogP contribution is -2.43. The third-order valence-electron chi connectivity index (χ3n) is 6.09. The molecule has 1 saturated heterocycles. The third-order valence-corrected chi connectivity index (χ3v) is 6.09. The van der Waals surface area contributed by atoms with E-state index in [0.29, 0.717) is 11.8 Å². The van der Waals surface area contributed by atoms with Crippen LogP contribution in [0, 0.1) is 12.8 Å². The van der Waals surface area contributed by atoms with Crippen LogP contribution in [0.25, 0.3) is 11.4 Å². The summed E-state index contributed by atoms with van der Waals surface area (Å²) in [5.74, 6) is 1.74. The van der Waals surface area contributed by atoms with E-state index >= 15 is 0 Å². The summed E-state index contributed by atoms with van der Waals surface area (Å²) in [6.07, 6.45) is 9.87. The second-order valence-electron chi connectivity index (χ2n) is 8.13. The van der Waals surface area contributed by atoms with Gasteiger partial charge in [0.2, 0.25) is 5.91 Å². The first-order valence-electron chi connectivity index (χ1n) is 10.4. The molecule has 2 aliphatic rings. The summed E-state index contributed by atoms with van der Waals surface area (Å²) in [5, 5.41) is 0. The van der Waals surface area contributed by atoms with E-state index < -0.39 is 0 Å². The quantitative estimate of drug-likeness (QED) is 0.791. The minimum atomic E-state index is 0.256. The van der Waals surface area contributed by atoms with Crippen LogP contribution in [0.1, 0.15) is 62.1 Å². The molecule has 0 N–H and O–H groups in total. The first-order valence-corrected chi connectivity index (χ1v) is 10.4. The molecule has 0 bridgehead atoms. The van der Waals surface area contributed by atoms with Gasteiger partial charge in [-0.2, -0.15) is 0 Å². The zero-order chi connectivity index (χ0) is 18.6. The van der Waals surface area contributed by atoms with Gasteiger partial charge in [-0.3, -0.25) is 4.79 Å². The van der Waals surface area contributed by atoms with Gasteiger partial charge in [0, 0.05) is 42.4 Å². The Morgan fingerprint density at radius 3 is 2.56 bits per heavy atom. The number of aryl methyl sites for hydroxylation is 1. The van der Waals surface area contributed by atoms with Crippen molar-refractivity contribution in [1.82, 2.24) is 14.9 Å². The smallest absolute Gasteiger partial charge is 0.225 e. The molecular formula is C23H29N3O. The lowest BCUT2D eigenvalue weighted by molar-refractivity contribution is -0.137. The van der Waals surface area contributed by atoms with Gasteiger partial charge >= 0.3 is 0 Å². The molecule has 4 heteroatoms. The van der Waals surface area contributed by atoms with Gasteiger partial charge in [0.15, 0.2) is 5.82 Å². The van der Waals surface area contributed by atoms with Crippen molar-refractivity contribution in [1.29, 1.82) is 0 Å². The van der Waals surface area contributed by atoms with Crippen LogP contribution in [0.2, 0.25) is 0 Å². The average molecular weight is 364 g/mol. The highest BCUT2D eigenvalue weighted by Gasteiger charge is 2.30. The van der Waals surface area contributed by atoms with Gasteiger partial charge in [-0.1, -0.05) is 49.1 Å². The molecule has 1 aliphatic heterocycles. The number of rotatable bonds is 3. The Kier molecular flexibility index (Phi) is 5.51.